The Bertz CT molecular complexity index is 1580. The number of carbonyl (C=O) groups excluding carboxylic acids is 4. The predicted octanol–water partition coefficient (Wildman–Crippen LogP) is 5.31. The van der Waals surface area contributed by atoms with Crippen molar-refractivity contribution in [3.63, 3.8) is 0 Å². The normalized spacial score (nSPS) is 15.3. The van der Waals surface area contributed by atoms with E-state index in [-0.39, 0.29) is 33.8 Å². The lowest BCUT2D eigenvalue weighted by molar-refractivity contribution is 0.0403. The van der Waals surface area contributed by atoms with Crippen LogP contribution >= 0.6 is 0 Å². The molecule has 2 aliphatic heterocycles. The van der Waals surface area contributed by atoms with Crippen LogP contribution in [0.5, 0.6) is 11.5 Å². The quantitative estimate of drug-likeness (QED) is 0.343. The SMILES string of the molecule is CC(C)(c1ccc(O)cc1)N1C(=O)c2ccc3c4c(ccc(c24)C1=O)C(=O)N(C(C)(C)c1ccc(O)cc1)C3=O. The first-order chi connectivity index (χ1) is 18.9. The summed E-state index contributed by atoms with van der Waals surface area (Å²) in [6.45, 7) is 7.00. The largest absolute Gasteiger partial charge is 0.508 e. The fourth-order valence-electron chi connectivity index (χ4n) is 5.89. The molecule has 0 radical (unpaired) electrons. The van der Waals surface area contributed by atoms with Crippen LogP contribution in [0, 0.1) is 0 Å². The number of phenols is 2. The van der Waals surface area contributed by atoms with Crippen molar-refractivity contribution in [3.8, 4) is 11.5 Å². The summed E-state index contributed by atoms with van der Waals surface area (Å²) in [6.07, 6.45) is 0. The number of imide groups is 2. The zero-order valence-corrected chi connectivity index (χ0v) is 22.4. The van der Waals surface area contributed by atoms with E-state index in [2.05, 4.69) is 0 Å². The average molecular weight is 535 g/mol. The molecule has 8 heteroatoms. The maximum atomic E-state index is 13.9. The smallest absolute Gasteiger partial charge is 0.262 e. The second-order valence-corrected chi connectivity index (χ2v) is 11.2. The third kappa shape index (κ3) is 3.32. The molecule has 200 valence electrons. The first-order valence-corrected chi connectivity index (χ1v) is 12.8. The van der Waals surface area contributed by atoms with Gasteiger partial charge in [-0.05, 0) is 87.4 Å². The molecule has 8 nitrogen and oxygen atoms in total. The lowest BCUT2D eigenvalue weighted by atomic mass is 9.81. The van der Waals surface area contributed by atoms with E-state index in [0.717, 1.165) is 0 Å². The summed E-state index contributed by atoms with van der Waals surface area (Å²) < 4.78 is 0. The highest BCUT2D eigenvalue weighted by atomic mass is 16.3. The van der Waals surface area contributed by atoms with Crippen LogP contribution in [0.4, 0.5) is 0 Å². The molecule has 0 fully saturated rings. The summed E-state index contributed by atoms with van der Waals surface area (Å²) in [4.78, 5) is 57.9. The lowest BCUT2D eigenvalue weighted by Gasteiger charge is -2.42. The molecule has 0 aromatic heterocycles. The molecule has 4 amide bonds. The van der Waals surface area contributed by atoms with Gasteiger partial charge in [-0.1, -0.05) is 24.3 Å². The molecule has 6 rings (SSSR count). The molecule has 2 aliphatic rings. The summed E-state index contributed by atoms with van der Waals surface area (Å²) in [7, 11) is 0. The van der Waals surface area contributed by atoms with Gasteiger partial charge in [-0.15, -0.1) is 0 Å². The van der Waals surface area contributed by atoms with Crippen molar-refractivity contribution < 1.29 is 29.4 Å². The van der Waals surface area contributed by atoms with Crippen molar-refractivity contribution in [2.75, 3.05) is 0 Å². The highest BCUT2D eigenvalue weighted by Gasteiger charge is 2.47. The van der Waals surface area contributed by atoms with Crippen molar-refractivity contribution in [3.05, 3.63) is 106 Å². The Balaban J connectivity index is 1.50. The van der Waals surface area contributed by atoms with E-state index in [0.29, 0.717) is 21.9 Å². The van der Waals surface area contributed by atoms with Crippen molar-refractivity contribution in [2.45, 2.75) is 38.8 Å². The number of hydrogen-bond acceptors (Lipinski definition) is 6. The Morgan fingerprint density at radius 2 is 0.700 bits per heavy atom. The van der Waals surface area contributed by atoms with Crippen LogP contribution in [-0.2, 0) is 11.1 Å². The number of amides is 4. The van der Waals surface area contributed by atoms with Gasteiger partial charge >= 0.3 is 0 Å². The number of rotatable bonds is 4. The number of carbonyl (C=O) groups is 4. The van der Waals surface area contributed by atoms with Crippen LogP contribution in [0.2, 0.25) is 0 Å². The Hall–Kier alpha value is -4.98. The first-order valence-electron chi connectivity index (χ1n) is 12.8. The number of nitrogens with zero attached hydrogens (tertiary/aromatic N) is 2. The highest BCUT2D eigenvalue weighted by molar-refractivity contribution is 6.33. The van der Waals surface area contributed by atoms with Crippen LogP contribution in [0.25, 0.3) is 10.8 Å². The van der Waals surface area contributed by atoms with Gasteiger partial charge in [-0.2, -0.15) is 0 Å². The predicted molar refractivity (Wildman–Crippen MR) is 147 cm³/mol. The summed E-state index contributed by atoms with van der Waals surface area (Å²) in [6, 6.07) is 18.8. The van der Waals surface area contributed by atoms with Crippen LogP contribution in [-0.4, -0.2) is 43.6 Å². The van der Waals surface area contributed by atoms with E-state index in [4.69, 9.17) is 0 Å². The molecule has 40 heavy (non-hydrogen) atoms. The molecule has 0 saturated heterocycles. The third-order valence-electron chi connectivity index (χ3n) is 8.16. The maximum absolute atomic E-state index is 13.9. The molecule has 4 aromatic rings. The van der Waals surface area contributed by atoms with Crippen molar-refractivity contribution in [1.82, 2.24) is 9.80 Å². The summed E-state index contributed by atoms with van der Waals surface area (Å²) in [5.74, 6) is -2.01. The fraction of sp³-hybridized carbons (Fsp3) is 0.188. The van der Waals surface area contributed by atoms with Crippen molar-refractivity contribution in [1.29, 1.82) is 0 Å². The van der Waals surface area contributed by atoms with E-state index in [9.17, 15) is 29.4 Å². The van der Waals surface area contributed by atoms with Crippen LogP contribution in [0.1, 0.15) is 80.3 Å². The minimum Gasteiger partial charge on any atom is -0.508 e. The van der Waals surface area contributed by atoms with Gasteiger partial charge in [0.2, 0.25) is 0 Å². The van der Waals surface area contributed by atoms with Gasteiger partial charge in [0.05, 0.1) is 11.1 Å². The van der Waals surface area contributed by atoms with Gasteiger partial charge in [0.1, 0.15) is 11.5 Å². The standard InChI is InChI=1S/C32H26N2O6/c1-31(2,17-5-9-19(35)10-6-17)33-27(37)21-13-15-23-26-24(16-14-22(25(21)26)28(33)38)30(40)34(29(23)39)32(3,4)18-7-11-20(36)12-8-18/h5-16,35-36H,1-4H3. The molecular formula is C32H26N2O6. The zero-order valence-electron chi connectivity index (χ0n) is 22.4. The molecular weight excluding hydrogens is 508 g/mol. The van der Waals surface area contributed by atoms with E-state index >= 15 is 0 Å². The molecule has 4 aromatic carbocycles. The molecule has 0 unspecified atom stereocenters. The summed E-state index contributed by atoms with van der Waals surface area (Å²) in [5.41, 5.74) is 0.107. The summed E-state index contributed by atoms with van der Waals surface area (Å²) in [5, 5.41) is 20.0. The molecule has 0 bridgehead atoms. The Morgan fingerprint density at radius 1 is 0.450 bits per heavy atom. The fourth-order valence-corrected chi connectivity index (χ4v) is 5.89. The van der Waals surface area contributed by atoms with Crippen LogP contribution in [0.3, 0.4) is 0 Å². The maximum Gasteiger partial charge on any atom is 0.262 e. The van der Waals surface area contributed by atoms with Gasteiger partial charge in [-0.3, -0.25) is 29.0 Å². The average Bonchev–Trinajstić information content (AvgIpc) is 2.91. The molecule has 2 heterocycles. The van der Waals surface area contributed by atoms with E-state index in [1.807, 2.05) is 0 Å². The van der Waals surface area contributed by atoms with Gasteiger partial charge in [0.25, 0.3) is 23.6 Å². The molecule has 0 aliphatic carbocycles. The summed E-state index contributed by atoms with van der Waals surface area (Å²) >= 11 is 0. The van der Waals surface area contributed by atoms with Crippen LogP contribution < -0.4 is 0 Å². The van der Waals surface area contributed by atoms with E-state index in [1.54, 1.807) is 76.2 Å². The van der Waals surface area contributed by atoms with Crippen LogP contribution in [0.15, 0.2) is 72.8 Å². The molecule has 0 saturated carbocycles. The number of benzene rings is 4. The minimum atomic E-state index is -1.06. The third-order valence-corrected chi connectivity index (χ3v) is 8.16. The number of hydrogen-bond donors (Lipinski definition) is 2. The van der Waals surface area contributed by atoms with Crippen molar-refractivity contribution in [2.24, 2.45) is 0 Å². The monoisotopic (exact) mass is 534 g/mol. The Kier molecular flexibility index (Phi) is 5.22. The molecule has 0 atom stereocenters. The minimum absolute atomic E-state index is 0.0671. The number of aromatic hydroxyl groups is 2. The Labute approximate surface area is 230 Å². The number of phenolic OH excluding ortho intramolecular Hbond substituents is 2. The van der Waals surface area contributed by atoms with Crippen molar-refractivity contribution >= 4 is 34.4 Å². The van der Waals surface area contributed by atoms with Gasteiger partial charge in [-0.25, -0.2) is 0 Å². The second-order valence-electron chi connectivity index (χ2n) is 11.2. The zero-order chi connectivity index (χ0) is 28.7. The van der Waals surface area contributed by atoms with Gasteiger partial charge in [0, 0.05) is 33.0 Å². The first kappa shape index (κ1) is 25.3. The van der Waals surface area contributed by atoms with Gasteiger partial charge in [0.15, 0.2) is 0 Å². The molecule has 0 spiro atoms. The Morgan fingerprint density at radius 3 is 0.950 bits per heavy atom. The lowest BCUT2D eigenvalue weighted by Crippen LogP contribution is -2.53. The van der Waals surface area contributed by atoms with E-state index in [1.165, 1.54) is 34.1 Å². The highest BCUT2D eigenvalue weighted by Crippen LogP contribution is 2.43. The van der Waals surface area contributed by atoms with E-state index < -0.39 is 34.7 Å². The topological polar surface area (TPSA) is 115 Å². The second kappa shape index (κ2) is 8.26. The van der Waals surface area contributed by atoms with Gasteiger partial charge < -0.3 is 10.2 Å². The molecule has 2 N–H and O–H groups in total.